The Balaban J connectivity index is 1.41. The van der Waals surface area contributed by atoms with Gasteiger partial charge in [-0.1, -0.05) is 12.1 Å². The Morgan fingerprint density at radius 3 is 2.82 bits per heavy atom. The quantitative estimate of drug-likeness (QED) is 0.706. The molecule has 1 aliphatic rings. The van der Waals surface area contributed by atoms with E-state index in [4.69, 9.17) is 4.42 Å². The van der Waals surface area contributed by atoms with Crippen LogP contribution >= 0.6 is 0 Å². The van der Waals surface area contributed by atoms with Crippen LogP contribution in [0.3, 0.4) is 0 Å². The average Bonchev–Trinajstić information content (AvgIpc) is 3.40. The minimum absolute atomic E-state index is 0.0258. The van der Waals surface area contributed by atoms with Gasteiger partial charge in [0.15, 0.2) is 5.76 Å². The van der Waals surface area contributed by atoms with Gasteiger partial charge in [-0.3, -0.25) is 9.48 Å². The fraction of sp³-hybridized carbons (Fsp3) is 0.364. The summed E-state index contributed by atoms with van der Waals surface area (Å²) in [5.74, 6) is 1.38. The van der Waals surface area contributed by atoms with Gasteiger partial charge < -0.3 is 14.4 Å². The number of phenols is 1. The number of amides is 1. The third-order valence-electron chi connectivity index (χ3n) is 5.34. The topological polar surface area (TPSA) is 71.5 Å². The number of piperidine rings is 1. The highest BCUT2D eigenvalue weighted by atomic mass is 16.4. The van der Waals surface area contributed by atoms with Gasteiger partial charge >= 0.3 is 0 Å². The summed E-state index contributed by atoms with van der Waals surface area (Å²) in [7, 11) is 0. The van der Waals surface area contributed by atoms with E-state index < -0.39 is 0 Å². The summed E-state index contributed by atoms with van der Waals surface area (Å²) in [4.78, 5) is 15.0. The Bertz CT molecular complexity index is 900. The number of aryl methyl sites for hydroxylation is 1. The minimum Gasteiger partial charge on any atom is -0.508 e. The molecule has 1 unspecified atom stereocenters. The summed E-state index contributed by atoms with van der Waals surface area (Å²) < 4.78 is 7.59. The van der Waals surface area contributed by atoms with Crippen LogP contribution in [0.5, 0.6) is 5.75 Å². The van der Waals surface area contributed by atoms with E-state index in [1.165, 1.54) is 5.56 Å². The Hall–Kier alpha value is -3.02. The van der Waals surface area contributed by atoms with Gasteiger partial charge in [-0.25, -0.2) is 0 Å². The zero-order chi connectivity index (χ0) is 19.3. The maximum Gasteiger partial charge on any atom is 0.289 e. The number of furan rings is 1. The van der Waals surface area contributed by atoms with E-state index in [0.29, 0.717) is 12.3 Å². The molecule has 1 fully saturated rings. The Morgan fingerprint density at radius 1 is 1.18 bits per heavy atom. The Labute approximate surface area is 164 Å². The second-order valence-corrected chi connectivity index (χ2v) is 7.32. The van der Waals surface area contributed by atoms with Crippen molar-refractivity contribution in [1.29, 1.82) is 0 Å². The predicted molar refractivity (Wildman–Crippen MR) is 105 cm³/mol. The molecule has 0 bridgehead atoms. The molecule has 1 N–H and O–H groups in total. The van der Waals surface area contributed by atoms with Crippen LogP contribution in [0.2, 0.25) is 0 Å². The molecule has 1 saturated heterocycles. The lowest BCUT2D eigenvalue weighted by Gasteiger charge is -2.35. The first-order valence-corrected chi connectivity index (χ1v) is 9.84. The van der Waals surface area contributed by atoms with Crippen molar-refractivity contribution in [3.63, 3.8) is 0 Å². The van der Waals surface area contributed by atoms with Gasteiger partial charge in [0.1, 0.15) is 11.5 Å². The molecule has 3 heterocycles. The number of aromatic nitrogens is 2. The summed E-state index contributed by atoms with van der Waals surface area (Å²) >= 11 is 0. The van der Waals surface area contributed by atoms with Gasteiger partial charge in [-0.2, -0.15) is 5.10 Å². The van der Waals surface area contributed by atoms with E-state index in [-0.39, 0.29) is 17.7 Å². The highest BCUT2D eigenvalue weighted by Gasteiger charge is 2.29. The van der Waals surface area contributed by atoms with Gasteiger partial charge in [0.25, 0.3) is 5.91 Å². The molecule has 6 nitrogen and oxygen atoms in total. The maximum absolute atomic E-state index is 13.1. The van der Waals surface area contributed by atoms with Crippen LogP contribution in [-0.2, 0) is 13.0 Å². The molecule has 3 aromatic rings. The van der Waals surface area contributed by atoms with E-state index in [1.807, 2.05) is 35.4 Å². The minimum atomic E-state index is -0.0258. The van der Waals surface area contributed by atoms with E-state index in [2.05, 4.69) is 5.10 Å². The van der Waals surface area contributed by atoms with Gasteiger partial charge in [0.05, 0.1) is 6.54 Å². The van der Waals surface area contributed by atoms with Crippen molar-refractivity contribution in [1.82, 2.24) is 14.7 Å². The molecule has 0 aliphatic carbocycles. The highest BCUT2D eigenvalue weighted by Crippen LogP contribution is 2.24. The zero-order valence-corrected chi connectivity index (χ0v) is 15.8. The Kier molecular flexibility index (Phi) is 5.46. The average molecular weight is 379 g/mol. The molecule has 1 amide bonds. The number of aromatic hydroxyl groups is 1. The molecule has 146 valence electrons. The molecule has 2 aromatic heterocycles. The largest absolute Gasteiger partial charge is 0.508 e. The van der Waals surface area contributed by atoms with Gasteiger partial charge in [-0.05, 0) is 68.0 Å². The monoisotopic (exact) mass is 379 g/mol. The molecule has 6 heteroatoms. The van der Waals surface area contributed by atoms with Crippen molar-refractivity contribution >= 4 is 5.91 Å². The van der Waals surface area contributed by atoms with Crippen LogP contribution < -0.4 is 0 Å². The van der Waals surface area contributed by atoms with Crippen LogP contribution in [0, 0.1) is 0 Å². The molecular weight excluding hydrogens is 354 g/mol. The predicted octanol–water partition coefficient (Wildman–Crippen LogP) is 3.86. The summed E-state index contributed by atoms with van der Waals surface area (Å²) in [5, 5.41) is 13.6. The van der Waals surface area contributed by atoms with Crippen LogP contribution in [0.4, 0.5) is 0 Å². The second-order valence-electron chi connectivity index (χ2n) is 7.32. The number of nitrogens with zero attached hydrogens (tertiary/aromatic N) is 3. The smallest absolute Gasteiger partial charge is 0.289 e. The molecule has 0 radical (unpaired) electrons. The highest BCUT2D eigenvalue weighted by molar-refractivity contribution is 5.91. The van der Waals surface area contributed by atoms with Gasteiger partial charge in [-0.15, -0.1) is 0 Å². The molecular formula is C22H25N3O3. The van der Waals surface area contributed by atoms with Crippen molar-refractivity contribution in [2.45, 2.75) is 44.7 Å². The number of carbonyl (C=O) groups excluding carboxylic acids is 1. The van der Waals surface area contributed by atoms with Crippen molar-refractivity contribution in [2.24, 2.45) is 0 Å². The summed E-state index contributed by atoms with van der Waals surface area (Å²) in [5.41, 5.74) is 1.18. The van der Waals surface area contributed by atoms with Crippen LogP contribution in [0.15, 0.2) is 59.3 Å². The third kappa shape index (κ3) is 4.27. The maximum atomic E-state index is 13.1. The van der Waals surface area contributed by atoms with E-state index in [9.17, 15) is 9.90 Å². The van der Waals surface area contributed by atoms with E-state index in [1.54, 1.807) is 29.1 Å². The number of rotatable bonds is 6. The summed E-state index contributed by atoms with van der Waals surface area (Å²) in [6.45, 7) is 1.29. The first kappa shape index (κ1) is 18.3. The number of hydrogen-bond donors (Lipinski definition) is 1. The van der Waals surface area contributed by atoms with E-state index >= 15 is 0 Å². The van der Waals surface area contributed by atoms with Crippen molar-refractivity contribution < 1.29 is 14.3 Å². The molecule has 1 aliphatic heterocycles. The van der Waals surface area contributed by atoms with Crippen LogP contribution in [-0.4, -0.2) is 38.3 Å². The summed E-state index contributed by atoms with van der Waals surface area (Å²) in [6.07, 6.45) is 8.59. The number of hydrogen-bond acceptors (Lipinski definition) is 4. The SMILES string of the molecule is O=C(c1ccc(Cn2cccn2)o1)N1CCCCC1CCc1ccc(O)cc1. The molecule has 28 heavy (non-hydrogen) atoms. The van der Waals surface area contributed by atoms with Crippen LogP contribution in [0.1, 0.15) is 47.6 Å². The first-order chi connectivity index (χ1) is 13.7. The van der Waals surface area contributed by atoms with Gasteiger partial charge in [0, 0.05) is 25.0 Å². The first-order valence-electron chi connectivity index (χ1n) is 9.84. The normalized spacial score (nSPS) is 17.0. The molecule has 0 spiro atoms. The Morgan fingerprint density at radius 2 is 2.04 bits per heavy atom. The van der Waals surface area contributed by atoms with Gasteiger partial charge in [0.2, 0.25) is 0 Å². The third-order valence-corrected chi connectivity index (χ3v) is 5.34. The molecule has 1 atom stereocenters. The lowest BCUT2D eigenvalue weighted by molar-refractivity contribution is 0.0567. The van der Waals surface area contributed by atoms with Crippen molar-refractivity contribution in [3.8, 4) is 5.75 Å². The summed E-state index contributed by atoms with van der Waals surface area (Å²) in [6, 6.07) is 13.0. The number of carbonyl (C=O) groups is 1. The molecule has 0 saturated carbocycles. The van der Waals surface area contributed by atoms with Crippen molar-refractivity contribution in [3.05, 3.63) is 71.9 Å². The fourth-order valence-corrected chi connectivity index (χ4v) is 3.84. The number of benzene rings is 1. The number of phenolic OH excluding ortho intramolecular Hbond substituents is 1. The lowest BCUT2D eigenvalue weighted by Crippen LogP contribution is -2.43. The standard InChI is InChI=1S/C22H25N3O3/c26-19-9-6-17(7-10-19)5-8-18-4-1-2-15-25(18)22(27)21-12-11-20(28-21)16-24-14-3-13-23-24/h3,6-7,9-14,18,26H,1-2,4-5,8,15-16H2. The lowest BCUT2D eigenvalue weighted by atomic mass is 9.95. The van der Waals surface area contributed by atoms with E-state index in [0.717, 1.165) is 44.4 Å². The van der Waals surface area contributed by atoms with Crippen molar-refractivity contribution in [2.75, 3.05) is 6.54 Å². The molecule has 1 aromatic carbocycles. The zero-order valence-electron chi connectivity index (χ0n) is 15.8. The number of likely N-dealkylation sites (tertiary alicyclic amines) is 1. The fourth-order valence-electron chi connectivity index (χ4n) is 3.84. The second kappa shape index (κ2) is 8.33. The molecule has 4 rings (SSSR count). The van der Waals surface area contributed by atoms with Crippen LogP contribution in [0.25, 0.3) is 0 Å².